The first-order valence-electron chi connectivity index (χ1n) is 10.00. The molecular weight excluding hydrogens is 421 g/mol. The monoisotopic (exact) mass is 443 g/mol. The van der Waals surface area contributed by atoms with Gasteiger partial charge in [0.25, 0.3) is 0 Å². The molecule has 1 N–H and O–H groups in total. The fraction of sp³-hybridized carbons (Fsp3) is 0.250. The Hall–Kier alpha value is -2.18. The molecule has 2 aliphatic heterocycles. The van der Waals surface area contributed by atoms with Crippen molar-refractivity contribution in [2.75, 3.05) is 32.8 Å². The lowest BCUT2D eigenvalue weighted by atomic mass is 9.81. The summed E-state index contributed by atoms with van der Waals surface area (Å²) in [5.74, 6) is 1.67. The van der Waals surface area contributed by atoms with Crippen molar-refractivity contribution in [3.05, 3.63) is 93.4 Å². The number of rotatable bonds is 4. The average Bonchev–Trinajstić information content (AvgIpc) is 3.30. The topological polar surface area (TPSA) is 22.9 Å². The largest absolute Gasteiger partial charge is 1.00 e. The predicted octanol–water partition coefficient (Wildman–Crippen LogP) is 0.742. The molecule has 156 valence electrons. The minimum Gasteiger partial charge on any atom is -1.00 e. The second-order valence-corrected chi connectivity index (χ2v) is 8.44. The summed E-state index contributed by atoms with van der Waals surface area (Å²) in [5, 5.41) is 2.08. The summed E-state index contributed by atoms with van der Waals surface area (Å²) in [6.45, 7) is 4.43. The summed E-state index contributed by atoms with van der Waals surface area (Å²) < 4.78 is 25.7. The number of halogens is 2. The third-order valence-corrected chi connectivity index (χ3v) is 6.54. The predicted molar refractivity (Wildman–Crippen MR) is 113 cm³/mol. The first-order valence-corrected chi connectivity index (χ1v) is 10.9. The van der Waals surface area contributed by atoms with Gasteiger partial charge in [-0.25, -0.2) is 4.39 Å². The number of quaternary nitrogens is 1. The molecule has 30 heavy (non-hydrogen) atoms. The van der Waals surface area contributed by atoms with Crippen LogP contribution >= 0.6 is 11.3 Å². The molecule has 5 rings (SSSR count). The molecule has 1 saturated heterocycles. The first-order chi connectivity index (χ1) is 14.3. The van der Waals surface area contributed by atoms with E-state index in [0.29, 0.717) is 0 Å². The number of fused-ring (bicyclic) bond motifs is 1. The summed E-state index contributed by atoms with van der Waals surface area (Å²) in [6.07, 6.45) is 0. The van der Waals surface area contributed by atoms with Crippen LogP contribution in [0.2, 0.25) is 0 Å². The van der Waals surface area contributed by atoms with Gasteiger partial charge in [0.1, 0.15) is 37.0 Å². The van der Waals surface area contributed by atoms with Gasteiger partial charge in [-0.3, -0.25) is 0 Å². The number of nitrogens with one attached hydrogen (secondary N) is 1. The maximum absolute atomic E-state index is 13.7. The van der Waals surface area contributed by atoms with Crippen LogP contribution in [0.15, 0.2) is 71.6 Å². The number of para-hydroxylation sites is 1. The molecule has 0 saturated carbocycles. The van der Waals surface area contributed by atoms with Gasteiger partial charge in [-0.2, -0.15) is 0 Å². The Morgan fingerprint density at radius 2 is 1.73 bits per heavy atom. The van der Waals surface area contributed by atoms with Gasteiger partial charge in [0.2, 0.25) is 0 Å². The highest BCUT2D eigenvalue weighted by Crippen LogP contribution is 2.45. The van der Waals surface area contributed by atoms with Crippen LogP contribution in [0.5, 0.6) is 5.75 Å². The summed E-state index contributed by atoms with van der Waals surface area (Å²) in [5.41, 5.74) is 3.50. The lowest BCUT2D eigenvalue weighted by molar-refractivity contribution is -0.903. The van der Waals surface area contributed by atoms with Gasteiger partial charge in [-0.15, -0.1) is 11.3 Å². The number of morpholine rings is 1. The molecule has 1 unspecified atom stereocenters. The molecule has 0 amide bonds. The van der Waals surface area contributed by atoms with Crippen molar-refractivity contribution < 1.29 is 31.2 Å². The van der Waals surface area contributed by atoms with Crippen molar-refractivity contribution in [3.63, 3.8) is 0 Å². The van der Waals surface area contributed by atoms with Crippen LogP contribution in [0.4, 0.5) is 4.39 Å². The van der Waals surface area contributed by atoms with Crippen molar-refractivity contribution in [1.82, 2.24) is 0 Å². The highest BCUT2D eigenvalue weighted by molar-refractivity contribution is 7.11. The van der Waals surface area contributed by atoms with E-state index in [-0.39, 0.29) is 24.1 Å². The molecule has 3 heterocycles. The molecule has 1 atom stereocenters. The second kappa shape index (κ2) is 9.31. The van der Waals surface area contributed by atoms with Gasteiger partial charge in [0.05, 0.1) is 18.1 Å². The van der Waals surface area contributed by atoms with E-state index in [1.807, 2.05) is 30.3 Å². The smallest absolute Gasteiger partial charge is 0.150 e. The molecule has 0 bridgehead atoms. The molecule has 0 aliphatic carbocycles. The van der Waals surface area contributed by atoms with E-state index in [0.717, 1.165) is 60.4 Å². The van der Waals surface area contributed by atoms with Crippen LogP contribution in [-0.4, -0.2) is 32.8 Å². The minimum absolute atomic E-state index is 0. The van der Waals surface area contributed by atoms with Crippen LogP contribution in [0.25, 0.3) is 5.76 Å². The van der Waals surface area contributed by atoms with E-state index in [1.54, 1.807) is 23.5 Å². The fourth-order valence-corrected chi connectivity index (χ4v) is 4.99. The van der Waals surface area contributed by atoms with Crippen molar-refractivity contribution in [3.8, 4) is 5.75 Å². The lowest BCUT2D eigenvalue weighted by Gasteiger charge is -2.33. The number of hydrogen-bond acceptors (Lipinski definition) is 3. The normalized spacial score (nSPS) is 19.0. The van der Waals surface area contributed by atoms with Crippen molar-refractivity contribution in [2.45, 2.75) is 5.92 Å². The Labute approximate surface area is 186 Å². The Morgan fingerprint density at radius 3 is 2.47 bits per heavy atom. The molecule has 6 heteroatoms. The number of benzene rings is 2. The molecule has 3 nitrogen and oxygen atoms in total. The molecule has 3 aromatic rings. The lowest BCUT2D eigenvalue weighted by Crippen LogP contribution is -3.14. The molecule has 2 aromatic carbocycles. The molecule has 0 radical (unpaired) electrons. The Kier molecular flexibility index (Phi) is 6.54. The van der Waals surface area contributed by atoms with E-state index >= 15 is 0 Å². The average molecular weight is 444 g/mol. The van der Waals surface area contributed by atoms with E-state index < -0.39 is 0 Å². The molecule has 0 spiro atoms. The first kappa shape index (κ1) is 21.1. The Bertz CT molecular complexity index is 1010. The highest BCUT2D eigenvalue weighted by atomic mass is 35.5. The zero-order chi connectivity index (χ0) is 19.6. The highest BCUT2D eigenvalue weighted by Gasteiger charge is 2.34. The zero-order valence-electron chi connectivity index (χ0n) is 16.4. The standard InChI is InChI=1S/C24H22FNO2S.ClH/c25-18-9-7-17(8-10-18)23-19-4-1-2-5-21(19)28-24(22-6-3-15-29-22)20(23)16-26-11-13-27-14-12-26;/h1-10,15,23H,11-14,16H2;1H. The fourth-order valence-electron chi connectivity index (χ4n) is 4.25. The van der Waals surface area contributed by atoms with Gasteiger partial charge in [0.15, 0.2) is 0 Å². The number of thiophene rings is 1. The number of ether oxygens (including phenoxy) is 2. The zero-order valence-corrected chi connectivity index (χ0v) is 18.0. The molecule has 1 fully saturated rings. The SMILES string of the molecule is Fc1ccc(C2C(C[NH+]3CCOCC3)=C(c3cccs3)Oc3ccccc32)cc1.[Cl-]. The van der Waals surface area contributed by atoms with E-state index in [9.17, 15) is 4.39 Å². The van der Waals surface area contributed by atoms with Gasteiger partial charge in [0, 0.05) is 17.1 Å². The third kappa shape index (κ3) is 4.16. The molecular formula is C24H23ClFNO2S. The Morgan fingerprint density at radius 1 is 0.967 bits per heavy atom. The summed E-state index contributed by atoms with van der Waals surface area (Å²) in [7, 11) is 0. The van der Waals surface area contributed by atoms with Crippen molar-refractivity contribution in [1.29, 1.82) is 0 Å². The van der Waals surface area contributed by atoms with Crippen LogP contribution in [0.1, 0.15) is 21.9 Å². The van der Waals surface area contributed by atoms with Crippen LogP contribution in [-0.2, 0) is 4.74 Å². The summed E-state index contributed by atoms with van der Waals surface area (Å²) in [4.78, 5) is 2.63. The van der Waals surface area contributed by atoms with E-state index in [4.69, 9.17) is 9.47 Å². The Balaban J connectivity index is 0.00000218. The van der Waals surface area contributed by atoms with Crippen molar-refractivity contribution in [2.24, 2.45) is 0 Å². The summed E-state index contributed by atoms with van der Waals surface area (Å²) >= 11 is 1.69. The van der Waals surface area contributed by atoms with Gasteiger partial charge >= 0.3 is 0 Å². The minimum atomic E-state index is -0.211. The quantitative estimate of drug-likeness (QED) is 0.643. The van der Waals surface area contributed by atoms with Crippen molar-refractivity contribution >= 4 is 17.1 Å². The second-order valence-electron chi connectivity index (χ2n) is 7.50. The van der Waals surface area contributed by atoms with E-state index in [1.165, 1.54) is 10.5 Å². The van der Waals surface area contributed by atoms with Crippen LogP contribution < -0.4 is 22.0 Å². The van der Waals surface area contributed by atoms with Gasteiger partial charge < -0.3 is 26.8 Å². The molecule has 2 aliphatic rings. The van der Waals surface area contributed by atoms with E-state index in [2.05, 4.69) is 23.6 Å². The summed E-state index contributed by atoms with van der Waals surface area (Å²) in [6, 6.07) is 19.3. The van der Waals surface area contributed by atoms with Gasteiger partial charge in [-0.05, 0) is 35.2 Å². The van der Waals surface area contributed by atoms with Crippen LogP contribution in [0.3, 0.4) is 0 Å². The van der Waals surface area contributed by atoms with Crippen LogP contribution in [0, 0.1) is 5.82 Å². The molecule has 1 aromatic heterocycles. The number of hydrogen-bond donors (Lipinski definition) is 1. The maximum Gasteiger partial charge on any atom is 0.150 e. The third-order valence-electron chi connectivity index (χ3n) is 5.67. The van der Waals surface area contributed by atoms with Gasteiger partial charge in [-0.1, -0.05) is 36.4 Å². The maximum atomic E-state index is 13.7.